The lowest BCUT2D eigenvalue weighted by molar-refractivity contribution is 0.0691. The van der Waals surface area contributed by atoms with Crippen molar-refractivity contribution in [2.75, 3.05) is 0 Å². The minimum Gasteiger partial charge on any atom is -0.478 e. The van der Waals surface area contributed by atoms with E-state index in [2.05, 4.69) is 12.2 Å². The number of aryl methyl sites for hydroxylation is 1. The predicted molar refractivity (Wildman–Crippen MR) is 80.4 cm³/mol. The van der Waals surface area contributed by atoms with Gasteiger partial charge in [-0.2, -0.15) is 0 Å². The van der Waals surface area contributed by atoms with Gasteiger partial charge in [0, 0.05) is 6.54 Å². The zero-order valence-electron chi connectivity index (χ0n) is 11.8. The summed E-state index contributed by atoms with van der Waals surface area (Å²) in [7, 11) is 0. The maximum atomic E-state index is 12.1. The SMILES string of the molecule is CCc1ccc(CNC(=O)c2ccccc2C(=O)O)cc1. The van der Waals surface area contributed by atoms with E-state index in [1.54, 1.807) is 12.1 Å². The minimum atomic E-state index is -1.10. The molecule has 0 radical (unpaired) electrons. The quantitative estimate of drug-likeness (QED) is 0.886. The normalized spacial score (nSPS) is 10.1. The highest BCUT2D eigenvalue weighted by Gasteiger charge is 2.15. The van der Waals surface area contributed by atoms with Crippen molar-refractivity contribution in [2.45, 2.75) is 19.9 Å². The average molecular weight is 283 g/mol. The largest absolute Gasteiger partial charge is 0.478 e. The predicted octanol–water partition coefficient (Wildman–Crippen LogP) is 2.88. The van der Waals surface area contributed by atoms with Crippen LogP contribution in [-0.2, 0) is 13.0 Å². The first kappa shape index (κ1) is 14.8. The van der Waals surface area contributed by atoms with Gasteiger partial charge < -0.3 is 10.4 Å². The first-order valence-corrected chi connectivity index (χ1v) is 6.80. The monoisotopic (exact) mass is 283 g/mol. The number of benzene rings is 2. The van der Waals surface area contributed by atoms with Crippen LogP contribution in [-0.4, -0.2) is 17.0 Å². The molecule has 0 aromatic heterocycles. The Morgan fingerprint density at radius 1 is 0.952 bits per heavy atom. The number of amides is 1. The molecule has 0 spiro atoms. The summed E-state index contributed by atoms with van der Waals surface area (Å²) in [5.74, 6) is -1.49. The molecule has 2 N–H and O–H groups in total. The molecule has 0 aliphatic carbocycles. The third-order valence-corrected chi connectivity index (χ3v) is 3.29. The number of hydrogen-bond acceptors (Lipinski definition) is 2. The molecule has 2 aromatic carbocycles. The molecule has 0 unspecified atom stereocenters. The van der Waals surface area contributed by atoms with Gasteiger partial charge in [-0.1, -0.05) is 43.3 Å². The zero-order chi connectivity index (χ0) is 15.2. The van der Waals surface area contributed by atoms with E-state index in [0.29, 0.717) is 6.54 Å². The highest BCUT2D eigenvalue weighted by Crippen LogP contribution is 2.10. The fraction of sp³-hybridized carbons (Fsp3) is 0.176. The number of hydrogen-bond donors (Lipinski definition) is 2. The van der Waals surface area contributed by atoms with Gasteiger partial charge in [0.25, 0.3) is 5.91 Å². The standard InChI is InChI=1S/C17H17NO3/c1-2-12-7-9-13(10-8-12)11-18-16(19)14-5-3-4-6-15(14)17(20)21/h3-10H,2,11H2,1H3,(H,18,19)(H,20,21). The van der Waals surface area contributed by atoms with Crippen molar-refractivity contribution in [1.82, 2.24) is 5.32 Å². The zero-order valence-corrected chi connectivity index (χ0v) is 11.8. The van der Waals surface area contributed by atoms with Gasteiger partial charge in [-0.05, 0) is 29.7 Å². The highest BCUT2D eigenvalue weighted by atomic mass is 16.4. The van der Waals surface area contributed by atoms with Gasteiger partial charge in [-0.3, -0.25) is 4.79 Å². The fourth-order valence-corrected chi connectivity index (χ4v) is 2.04. The molecule has 108 valence electrons. The van der Waals surface area contributed by atoms with Crippen LogP contribution in [0.2, 0.25) is 0 Å². The summed E-state index contributed by atoms with van der Waals surface area (Å²) in [5.41, 5.74) is 2.40. The molecule has 4 heteroatoms. The Bertz CT molecular complexity index is 647. The molecule has 0 saturated carbocycles. The van der Waals surface area contributed by atoms with Crippen molar-refractivity contribution < 1.29 is 14.7 Å². The summed E-state index contributed by atoms with van der Waals surface area (Å²) < 4.78 is 0. The number of rotatable bonds is 5. The molecule has 0 saturated heterocycles. The van der Waals surface area contributed by atoms with Crippen molar-refractivity contribution in [3.05, 3.63) is 70.8 Å². The molecule has 0 bridgehead atoms. The van der Waals surface area contributed by atoms with Crippen LogP contribution in [0.25, 0.3) is 0 Å². The molecule has 1 amide bonds. The van der Waals surface area contributed by atoms with Crippen LogP contribution in [0.15, 0.2) is 48.5 Å². The van der Waals surface area contributed by atoms with E-state index in [-0.39, 0.29) is 17.0 Å². The van der Waals surface area contributed by atoms with E-state index in [4.69, 9.17) is 5.11 Å². The van der Waals surface area contributed by atoms with Gasteiger partial charge in [0.2, 0.25) is 0 Å². The summed E-state index contributed by atoms with van der Waals surface area (Å²) in [4.78, 5) is 23.2. The Labute approximate surface area is 123 Å². The highest BCUT2D eigenvalue weighted by molar-refractivity contribution is 6.04. The molecule has 0 heterocycles. The van der Waals surface area contributed by atoms with Crippen molar-refractivity contribution in [1.29, 1.82) is 0 Å². The van der Waals surface area contributed by atoms with Gasteiger partial charge in [0.1, 0.15) is 0 Å². The lowest BCUT2D eigenvalue weighted by atomic mass is 10.1. The smallest absolute Gasteiger partial charge is 0.336 e. The molecule has 4 nitrogen and oxygen atoms in total. The van der Waals surface area contributed by atoms with Gasteiger partial charge >= 0.3 is 5.97 Å². The maximum absolute atomic E-state index is 12.1. The number of carbonyl (C=O) groups excluding carboxylic acids is 1. The summed E-state index contributed by atoms with van der Waals surface area (Å²) in [6.45, 7) is 2.45. The Morgan fingerprint density at radius 2 is 1.52 bits per heavy atom. The van der Waals surface area contributed by atoms with Crippen LogP contribution in [0, 0.1) is 0 Å². The number of carboxylic acids is 1. The van der Waals surface area contributed by atoms with E-state index < -0.39 is 5.97 Å². The van der Waals surface area contributed by atoms with E-state index in [1.165, 1.54) is 17.7 Å². The van der Waals surface area contributed by atoms with Gasteiger partial charge in [0.05, 0.1) is 11.1 Å². The second kappa shape index (κ2) is 6.70. The van der Waals surface area contributed by atoms with Crippen LogP contribution in [0.5, 0.6) is 0 Å². The third-order valence-electron chi connectivity index (χ3n) is 3.29. The fourth-order valence-electron chi connectivity index (χ4n) is 2.04. The molecular formula is C17H17NO3. The lowest BCUT2D eigenvalue weighted by Gasteiger charge is -2.08. The van der Waals surface area contributed by atoms with E-state index in [1.807, 2.05) is 24.3 Å². The minimum absolute atomic E-state index is 0.0105. The number of carbonyl (C=O) groups is 2. The molecule has 0 aliphatic heterocycles. The summed E-state index contributed by atoms with van der Waals surface area (Å²) in [6.07, 6.45) is 0.971. The van der Waals surface area contributed by atoms with Gasteiger partial charge in [-0.25, -0.2) is 4.79 Å². The Balaban J connectivity index is 2.06. The molecule has 0 aliphatic rings. The molecular weight excluding hydrogens is 266 g/mol. The number of nitrogens with one attached hydrogen (secondary N) is 1. The Hall–Kier alpha value is -2.62. The van der Waals surface area contributed by atoms with Crippen LogP contribution in [0.3, 0.4) is 0 Å². The first-order valence-electron chi connectivity index (χ1n) is 6.80. The second-order valence-corrected chi connectivity index (χ2v) is 4.70. The van der Waals surface area contributed by atoms with Crippen molar-refractivity contribution in [3.63, 3.8) is 0 Å². The Kier molecular flexibility index (Phi) is 4.72. The molecule has 0 fully saturated rings. The van der Waals surface area contributed by atoms with Crippen molar-refractivity contribution >= 4 is 11.9 Å². The van der Waals surface area contributed by atoms with Crippen LogP contribution < -0.4 is 5.32 Å². The molecule has 21 heavy (non-hydrogen) atoms. The lowest BCUT2D eigenvalue weighted by Crippen LogP contribution is -2.24. The van der Waals surface area contributed by atoms with E-state index in [9.17, 15) is 9.59 Å². The van der Waals surface area contributed by atoms with Crippen LogP contribution in [0.1, 0.15) is 38.8 Å². The topological polar surface area (TPSA) is 66.4 Å². The van der Waals surface area contributed by atoms with Crippen molar-refractivity contribution in [2.24, 2.45) is 0 Å². The third kappa shape index (κ3) is 3.69. The van der Waals surface area contributed by atoms with Gasteiger partial charge in [-0.15, -0.1) is 0 Å². The molecule has 0 atom stereocenters. The number of carboxylic acid groups (broad SMARTS) is 1. The van der Waals surface area contributed by atoms with Crippen molar-refractivity contribution in [3.8, 4) is 0 Å². The first-order chi connectivity index (χ1) is 10.1. The summed E-state index contributed by atoms with van der Waals surface area (Å²) in [5, 5.41) is 11.8. The van der Waals surface area contributed by atoms with E-state index in [0.717, 1.165) is 12.0 Å². The molecule has 2 rings (SSSR count). The number of aromatic carboxylic acids is 1. The maximum Gasteiger partial charge on any atom is 0.336 e. The van der Waals surface area contributed by atoms with Crippen LogP contribution in [0.4, 0.5) is 0 Å². The van der Waals surface area contributed by atoms with Gasteiger partial charge in [0.15, 0.2) is 0 Å². The molecule has 2 aromatic rings. The van der Waals surface area contributed by atoms with E-state index >= 15 is 0 Å². The second-order valence-electron chi connectivity index (χ2n) is 4.70. The summed E-state index contributed by atoms with van der Waals surface area (Å²) >= 11 is 0. The average Bonchev–Trinajstić information content (AvgIpc) is 2.53. The van der Waals surface area contributed by atoms with Crippen LogP contribution >= 0.6 is 0 Å². The Morgan fingerprint density at radius 3 is 2.10 bits per heavy atom. The summed E-state index contributed by atoms with van der Waals surface area (Å²) in [6, 6.07) is 14.1.